The molecule has 7 heteroatoms. The molecule has 1 aliphatic carbocycles. The fourth-order valence-corrected chi connectivity index (χ4v) is 4.88. The molecule has 166 valence electrons. The largest absolute Gasteiger partial charge is 0.466 e. The summed E-state index contributed by atoms with van der Waals surface area (Å²) < 4.78 is 20.9. The molecule has 0 amide bonds. The van der Waals surface area contributed by atoms with Crippen molar-refractivity contribution in [3.8, 4) is 0 Å². The second kappa shape index (κ2) is 8.20. The van der Waals surface area contributed by atoms with E-state index in [1.165, 1.54) is 18.1 Å². The predicted octanol–water partition coefficient (Wildman–Crippen LogP) is 5.18. The average molecular weight is 499 g/mol. The molecule has 2 N–H and O–H groups in total. The van der Waals surface area contributed by atoms with Crippen LogP contribution in [0.3, 0.4) is 0 Å². The van der Waals surface area contributed by atoms with Crippen LogP contribution < -0.4 is 10.6 Å². The Kier molecular flexibility index (Phi) is 5.71. The van der Waals surface area contributed by atoms with Crippen LogP contribution in [0.4, 0.5) is 10.1 Å². The number of para-hydroxylation sites is 1. The summed E-state index contributed by atoms with van der Waals surface area (Å²) in [4.78, 5) is 28.0. The second-order valence-electron chi connectivity index (χ2n) is 8.86. The summed E-state index contributed by atoms with van der Waals surface area (Å²) in [5.41, 5.74) is 8.39. The van der Waals surface area contributed by atoms with E-state index in [1.807, 2.05) is 38.1 Å². The highest BCUT2D eigenvalue weighted by Gasteiger charge is 2.46. The summed E-state index contributed by atoms with van der Waals surface area (Å²) in [6.07, 6.45) is 0.822. The maximum absolute atomic E-state index is 14.9. The summed E-state index contributed by atoms with van der Waals surface area (Å²) >= 11 is 3.43. The van der Waals surface area contributed by atoms with Gasteiger partial charge in [0, 0.05) is 22.2 Å². The number of carbonyl (C=O) groups excluding carboxylic acids is 2. The molecule has 32 heavy (non-hydrogen) atoms. The van der Waals surface area contributed by atoms with Crippen LogP contribution >= 0.6 is 15.9 Å². The Balaban J connectivity index is 2.05. The van der Waals surface area contributed by atoms with E-state index in [1.54, 1.807) is 18.2 Å². The van der Waals surface area contributed by atoms with Gasteiger partial charge in [-0.1, -0.05) is 54.0 Å². The zero-order chi connectivity index (χ0) is 23.2. The number of nitrogens with two attached hydrogens (primary N) is 1. The number of ketones is 1. The van der Waals surface area contributed by atoms with Crippen molar-refractivity contribution in [1.82, 2.24) is 0 Å². The maximum Gasteiger partial charge on any atom is 0.338 e. The number of rotatable bonds is 3. The van der Waals surface area contributed by atoms with Gasteiger partial charge in [-0.05, 0) is 41.7 Å². The number of halogens is 2. The van der Waals surface area contributed by atoms with Gasteiger partial charge in [-0.15, -0.1) is 0 Å². The number of anilines is 1. The Bertz CT molecular complexity index is 1170. The Morgan fingerprint density at radius 1 is 1.16 bits per heavy atom. The minimum absolute atomic E-state index is 0.0686. The van der Waals surface area contributed by atoms with Gasteiger partial charge in [0.15, 0.2) is 5.78 Å². The van der Waals surface area contributed by atoms with Crippen molar-refractivity contribution in [2.45, 2.75) is 32.6 Å². The van der Waals surface area contributed by atoms with E-state index >= 15 is 0 Å². The van der Waals surface area contributed by atoms with E-state index in [0.717, 1.165) is 10.0 Å². The minimum atomic E-state index is -0.697. The second-order valence-corrected chi connectivity index (χ2v) is 9.78. The molecule has 0 radical (unpaired) electrons. The molecular formula is C25H24BrFN2O3. The lowest BCUT2D eigenvalue weighted by Gasteiger charge is -2.44. The van der Waals surface area contributed by atoms with Gasteiger partial charge in [-0.25, -0.2) is 9.18 Å². The first-order chi connectivity index (χ1) is 15.1. The molecular weight excluding hydrogens is 475 g/mol. The molecule has 2 aromatic rings. The Morgan fingerprint density at radius 2 is 1.81 bits per heavy atom. The minimum Gasteiger partial charge on any atom is -0.466 e. The van der Waals surface area contributed by atoms with Crippen molar-refractivity contribution in [2.24, 2.45) is 11.1 Å². The lowest BCUT2D eigenvalue weighted by Crippen LogP contribution is -2.44. The molecule has 0 saturated heterocycles. The molecule has 0 aromatic heterocycles. The molecule has 1 aliphatic heterocycles. The van der Waals surface area contributed by atoms with Crippen molar-refractivity contribution in [1.29, 1.82) is 0 Å². The van der Waals surface area contributed by atoms with Crippen LogP contribution in [0.2, 0.25) is 0 Å². The number of methoxy groups -OCH3 is 1. The summed E-state index contributed by atoms with van der Waals surface area (Å²) in [6.45, 7) is 4.00. The topological polar surface area (TPSA) is 72.6 Å². The van der Waals surface area contributed by atoms with Gasteiger partial charge in [0.05, 0.1) is 24.3 Å². The van der Waals surface area contributed by atoms with Crippen LogP contribution in [0, 0.1) is 11.2 Å². The molecule has 1 atom stereocenters. The van der Waals surface area contributed by atoms with Crippen LogP contribution in [-0.2, 0) is 14.3 Å². The third-order valence-corrected chi connectivity index (χ3v) is 6.49. The Hall–Kier alpha value is -2.93. The van der Waals surface area contributed by atoms with Crippen LogP contribution in [-0.4, -0.2) is 18.9 Å². The molecule has 0 fully saturated rings. The van der Waals surface area contributed by atoms with Crippen LogP contribution in [0.5, 0.6) is 0 Å². The van der Waals surface area contributed by atoms with E-state index in [4.69, 9.17) is 10.5 Å². The van der Waals surface area contributed by atoms with E-state index < -0.39 is 17.7 Å². The maximum atomic E-state index is 14.9. The number of benzene rings is 2. The smallest absolute Gasteiger partial charge is 0.338 e. The summed E-state index contributed by atoms with van der Waals surface area (Å²) in [5, 5.41) is 0. The van der Waals surface area contributed by atoms with E-state index in [0.29, 0.717) is 24.1 Å². The number of hydrogen-bond acceptors (Lipinski definition) is 5. The van der Waals surface area contributed by atoms with Crippen LogP contribution in [0.25, 0.3) is 0 Å². The number of ether oxygens (including phenoxy) is 1. The summed E-state index contributed by atoms with van der Waals surface area (Å²) in [6, 6.07) is 13.6. The molecule has 2 aliphatic rings. The van der Waals surface area contributed by atoms with Gasteiger partial charge < -0.3 is 10.5 Å². The molecule has 2 aromatic carbocycles. The zero-order valence-corrected chi connectivity index (χ0v) is 19.7. The molecule has 0 unspecified atom stereocenters. The van der Waals surface area contributed by atoms with Gasteiger partial charge in [-0.2, -0.15) is 0 Å². The molecule has 0 bridgehead atoms. The number of esters is 1. The van der Waals surface area contributed by atoms with Crippen LogP contribution in [0.15, 0.2) is 75.7 Å². The third-order valence-electron chi connectivity index (χ3n) is 5.96. The first kappa shape index (κ1) is 22.3. The average Bonchev–Trinajstić information content (AvgIpc) is 2.73. The monoisotopic (exact) mass is 498 g/mol. The number of nitrogens with zero attached hydrogens (tertiary/aromatic N) is 1. The van der Waals surface area contributed by atoms with E-state index in [2.05, 4.69) is 15.9 Å². The van der Waals surface area contributed by atoms with Gasteiger partial charge in [0.1, 0.15) is 11.6 Å². The predicted molar refractivity (Wildman–Crippen MR) is 124 cm³/mol. The van der Waals surface area contributed by atoms with Gasteiger partial charge in [0.25, 0.3) is 0 Å². The zero-order valence-electron chi connectivity index (χ0n) is 18.1. The fraction of sp³-hybridized carbons (Fsp3) is 0.280. The van der Waals surface area contributed by atoms with Gasteiger partial charge >= 0.3 is 5.97 Å². The van der Waals surface area contributed by atoms with Crippen molar-refractivity contribution in [3.63, 3.8) is 0 Å². The van der Waals surface area contributed by atoms with Gasteiger partial charge in [-0.3, -0.25) is 9.69 Å². The highest BCUT2D eigenvalue weighted by Crippen LogP contribution is 2.50. The fourth-order valence-electron chi connectivity index (χ4n) is 4.62. The number of carbonyl (C=O) groups is 2. The van der Waals surface area contributed by atoms with Crippen molar-refractivity contribution in [3.05, 3.63) is 87.0 Å². The van der Waals surface area contributed by atoms with Crippen molar-refractivity contribution < 1.29 is 18.7 Å². The molecule has 1 heterocycles. The molecule has 4 rings (SSSR count). The Morgan fingerprint density at radius 3 is 2.44 bits per heavy atom. The lowest BCUT2D eigenvalue weighted by molar-refractivity contribution is -0.136. The standard InChI is InChI=1S/C25H24BrFN2O3/c1-25(2)12-18-21(19(30)13-25)20(14-8-10-15(26)11-9-14)22(24(31)32-3)23(28)29(18)17-7-5-4-6-16(17)27/h4-11,20H,12-13,28H2,1-3H3/t20-/m0/s1. The van der Waals surface area contributed by atoms with E-state index in [-0.39, 0.29) is 28.3 Å². The first-order valence-electron chi connectivity index (χ1n) is 10.3. The molecule has 0 spiro atoms. The molecule has 5 nitrogen and oxygen atoms in total. The first-order valence-corrected chi connectivity index (χ1v) is 11.1. The van der Waals surface area contributed by atoms with E-state index in [9.17, 15) is 14.0 Å². The number of Topliss-reactive ketones (excluding diaryl/α,β-unsaturated/α-hetero) is 1. The highest BCUT2D eigenvalue weighted by molar-refractivity contribution is 9.10. The van der Waals surface area contributed by atoms with Crippen LogP contribution in [0.1, 0.15) is 38.2 Å². The quantitative estimate of drug-likeness (QED) is 0.590. The van der Waals surface area contributed by atoms with Crippen molar-refractivity contribution >= 4 is 33.4 Å². The normalized spacial score (nSPS) is 20.3. The SMILES string of the molecule is COC(=O)C1=C(N)N(c2ccccc2F)C2=C(C(=O)CC(C)(C)C2)[C@@H]1c1ccc(Br)cc1. The number of allylic oxidation sites excluding steroid dienone is 2. The summed E-state index contributed by atoms with van der Waals surface area (Å²) in [7, 11) is 1.27. The Labute approximate surface area is 194 Å². The highest BCUT2D eigenvalue weighted by atomic mass is 79.9. The summed E-state index contributed by atoms with van der Waals surface area (Å²) in [5.74, 6) is -1.86. The lowest BCUT2D eigenvalue weighted by atomic mass is 9.68. The number of hydrogen-bond donors (Lipinski definition) is 1. The third kappa shape index (κ3) is 3.75. The molecule has 0 saturated carbocycles. The van der Waals surface area contributed by atoms with Gasteiger partial charge in [0.2, 0.25) is 0 Å². The van der Waals surface area contributed by atoms with Crippen molar-refractivity contribution in [2.75, 3.05) is 12.0 Å².